The molecule has 0 aliphatic carbocycles. The summed E-state index contributed by atoms with van der Waals surface area (Å²) in [7, 11) is -4.26. The van der Waals surface area contributed by atoms with Crippen LogP contribution < -0.4 is 9.62 Å². The minimum absolute atomic E-state index is 0.0387. The molecule has 0 radical (unpaired) electrons. The summed E-state index contributed by atoms with van der Waals surface area (Å²) in [5, 5.41) is 3.83. The molecule has 0 aromatic heterocycles. The second kappa shape index (κ2) is 15.1. The van der Waals surface area contributed by atoms with E-state index in [9.17, 15) is 18.0 Å². The molecule has 2 amide bonds. The van der Waals surface area contributed by atoms with Crippen LogP contribution in [-0.4, -0.2) is 44.3 Å². The van der Waals surface area contributed by atoms with Crippen molar-refractivity contribution in [3.8, 4) is 0 Å². The highest BCUT2D eigenvalue weighted by molar-refractivity contribution is 7.92. The second-order valence-electron chi connectivity index (χ2n) is 10.6. The van der Waals surface area contributed by atoms with Gasteiger partial charge in [0.15, 0.2) is 0 Å². The lowest BCUT2D eigenvalue weighted by Crippen LogP contribution is -2.53. The summed E-state index contributed by atoms with van der Waals surface area (Å²) < 4.78 is 29.4. The monoisotopic (exact) mass is 685 g/mol. The van der Waals surface area contributed by atoms with Gasteiger partial charge < -0.3 is 10.2 Å². The number of nitrogens with one attached hydrogen (secondary N) is 1. The summed E-state index contributed by atoms with van der Waals surface area (Å²) in [4.78, 5) is 29.5. The molecule has 0 heterocycles. The smallest absolute Gasteiger partial charge is 0.264 e. The molecule has 0 bridgehead atoms. The molecule has 236 valence electrons. The zero-order valence-electron chi connectivity index (χ0n) is 25.1. The lowest BCUT2D eigenvalue weighted by atomic mass is 10.0. The van der Waals surface area contributed by atoms with Gasteiger partial charge in [0.05, 0.1) is 10.6 Å². The van der Waals surface area contributed by atoms with E-state index in [4.69, 9.17) is 34.8 Å². The average molecular weight is 687 g/mol. The highest BCUT2D eigenvalue weighted by atomic mass is 35.5. The number of likely N-dealkylation sites (N-methyl/N-ethyl adjacent to an activating group) is 1. The standard InChI is InChI=1S/C34H34Cl3N3O4S/c1-4-38-34(42)32(20-25-9-6-5-7-10-25)39(21-29-30(36)11-8-12-31(29)37)33(41)22-40(27-16-13-23(2)24(3)19-27)45(43,44)28-17-14-26(35)15-18-28/h5-19,32H,4,20-22H2,1-3H3,(H,38,42). The van der Waals surface area contributed by atoms with Gasteiger partial charge >= 0.3 is 0 Å². The summed E-state index contributed by atoms with van der Waals surface area (Å²) in [6.45, 7) is 5.17. The van der Waals surface area contributed by atoms with Crippen LogP contribution in [0.25, 0.3) is 0 Å². The number of carbonyl (C=O) groups is 2. The predicted molar refractivity (Wildman–Crippen MR) is 182 cm³/mol. The molecule has 7 nitrogen and oxygen atoms in total. The molecule has 4 aromatic rings. The number of anilines is 1. The van der Waals surface area contributed by atoms with Crippen LogP contribution >= 0.6 is 34.8 Å². The Morgan fingerprint density at radius 1 is 0.822 bits per heavy atom. The molecule has 11 heteroatoms. The Balaban J connectivity index is 1.84. The fourth-order valence-electron chi connectivity index (χ4n) is 4.84. The van der Waals surface area contributed by atoms with Gasteiger partial charge in [-0.05, 0) is 86.0 Å². The van der Waals surface area contributed by atoms with Gasteiger partial charge in [-0.25, -0.2) is 8.42 Å². The summed E-state index contributed by atoms with van der Waals surface area (Å²) >= 11 is 19.1. The van der Waals surface area contributed by atoms with E-state index >= 15 is 0 Å². The highest BCUT2D eigenvalue weighted by Crippen LogP contribution is 2.30. The van der Waals surface area contributed by atoms with E-state index in [1.165, 1.54) is 29.2 Å². The molecule has 1 unspecified atom stereocenters. The number of halogens is 3. The molecule has 0 saturated heterocycles. The molecule has 4 rings (SSSR count). The molecule has 1 atom stereocenters. The number of amides is 2. The molecule has 0 aliphatic heterocycles. The first kappa shape index (κ1) is 34.3. The van der Waals surface area contributed by atoms with Gasteiger partial charge in [0, 0.05) is 40.1 Å². The fourth-order valence-corrected chi connectivity index (χ4v) is 6.89. The average Bonchev–Trinajstić information content (AvgIpc) is 3.01. The van der Waals surface area contributed by atoms with Crippen LogP contribution in [0.15, 0.2) is 95.9 Å². The van der Waals surface area contributed by atoms with Gasteiger partial charge in [-0.15, -0.1) is 0 Å². The summed E-state index contributed by atoms with van der Waals surface area (Å²) in [5.74, 6) is -1.01. The van der Waals surface area contributed by atoms with Crippen molar-refractivity contribution in [3.05, 3.63) is 128 Å². The molecule has 45 heavy (non-hydrogen) atoms. The van der Waals surface area contributed by atoms with Crippen molar-refractivity contribution in [2.75, 3.05) is 17.4 Å². The third-order valence-corrected chi connectivity index (χ3v) is 10.2. The largest absolute Gasteiger partial charge is 0.355 e. The van der Waals surface area contributed by atoms with Crippen LogP contribution in [0.2, 0.25) is 15.1 Å². The Morgan fingerprint density at radius 2 is 1.47 bits per heavy atom. The molecule has 4 aromatic carbocycles. The summed E-state index contributed by atoms with van der Waals surface area (Å²) in [5.41, 5.74) is 3.37. The Labute approximate surface area is 279 Å². The normalized spacial score (nSPS) is 12.0. The second-order valence-corrected chi connectivity index (χ2v) is 13.7. The van der Waals surface area contributed by atoms with Crippen LogP contribution in [0.5, 0.6) is 0 Å². The zero-order chi connectivity index (χ0) is 32.7. The summed E-state index contributed by atoms with van der Waals surface area (Å²) in [6.07, 6.45) is 0.175. The van der Waals surface area contributed by atoms with E-state index in [2.05, 4.69) is 5.32 Å². The third kappa shape index (κ3) is 8.38. The van der Waals surface area contributed by atoms with Crippen LogP contribution in [0.3, 0.4) is 0 Å². The van der Waals surface area contributed by atoms with Gasteiger partial charge in [-0.2, -0.15) is 0 Å². The first-order valence-corrected chi connectivity index (χ1v) is 16.9. The Bertz CT molecular complexity index is 1750. The van der Waals surface area contributed by atoms with Crippen molar-refractivity contribution in [1.29, 1.82) is 0 Å². The van der Waals surface area contributed by atoms with Crippen molar-refractivity contribution in [3.63, 3.8) is 0 Å². The van der Waals surface area contributed by atoms with Crippen molar-refractivity contribution in [2.24, 2.45) is 0 Å². The van der Waals surface area contributed by atoms with E-state index in [0.717, 1.165) is 21.0 Å². The van der Waals surface area contributed by atoms with Crippen molar-refractivity contribution < 1.29 is 18.0 Å². The zero-order valence-corrected chi connectivity index (χ0v) is 28.2. The molecule has 1 N–H and O–H groups in total. The number of aryl methyl sites for hydroxylation is 2. The number of hydrogen-bond donors (Lipinski definition) is 1. The Hall–Kier alpha value is -3.56. The maximum absolute atomic E-state index is 14.5. The van der Waals surface area contributed by atoms with Crippen LogP contribution in [0, 0.1) is 13.8 Å². The van der Waals surface area contributed by atoms with Gasteiger partial charge in [-0.1, -0.05) is 77.3 Å². The van der Waals surface area contributed by atoms with Crippen LogP contribution in [0.1, 0.15) is 29.2 Å². The topological polar surface area (TPSA) is 86.8 Å². The number of rotatable bonds is 12. The fraction of sp³-hybridized carbons (Fsp3) is 0.235. The van der Waals surface area contributed by atoms with E-state index in [0.29, 0.717) is 32.9 Å². The van der Waals surface area contributed by atoms with E-state index in [1.54, 1.807) is 43.3 Å². The number of carbonyl (C=O) groups excluding carboxylic acids is 2. The lowest BCUT2D eigenvalue weighted by molar-refractivity contribution is -0.140. The minimum atomic E-state index is -4.26. The number of nitrogens with zero attached hydrogens (tertiary/aromatic N) is 2. The van der Waals surface area contributed by atoms with Gasteiger partial charge in [0.1, 0.15) is 12.6 Å². The minimum Gasteiger partial charge on any atom is -0.355 e. The van der Waals surface area contributed by atoms with Crippen molar-refractivity contribution in [2.45, 2.75) is 44.7 Å². The van der Waals surface area contributed by atoms with Crippen LogP contribution in [0.4, 0.5) is 5.69 Å². The molecular weight excluding hydrogens is 653 g/mol. The maximum Gasteiger partial charge on any atom is 0.264 e. The number of hydrogen-bond acceptors (Lipinski definition) is 4. The van der Waals surface area contributed by atoms with E-state index in [-0.39, 0.29) is 17.9 Å². The van der Waals surface area contributed by atoms with E-state index in [1.807, 2.05) is 44.2 Å². The van der Waals surface area contributed by atoms with Crippen LogP contribution in [-0.2, 0) is 32.6 Å². The Kier molecular flexibility index (Phi) is 11.6. The molecule has 0 spiro atoms. The quantitative estimate of drug-likeness (QED) is 0.170. The summed E-state index contributed by atoms with van der Waals surface area (Å²) in [6, 6.07) is 24.2. The maximum atomic E-state index is 14.5. The molecule has 0 saturated carbocycles. The van der Waals surface area contributed by atoms with Gasteiger partial charge in [-0.3, -0.25) is 13.9 Å². The first-order chi connectivity index (χ1) is 21.4. The highest BCUT2D eigenvalue weighted by Gasteiger charge is 2.35. The third-order valence-electron chi connectivity index (χ3n) is 7.47. The Morgan fingerprint density at radius 3 is 2.07 bits per heavy atom. The molecule has 0 fully saturated rings. The van der Waals surface area contributed by atoms with E-state index < -0.39 is 34.4 Å². The van der Waals surface area contributed by atoms with Gasteiger partial charge in [0.2, 0.25) is 11.8 Å². The molecular formula is C34H34Cl3N3O4S. The first-order valence-electron chi connectivity index (χ1n) is 14.3. The predicted octanol–water partition coefficient (Wildman–Crippen LogP) is 7.24. The van der Waals surface area contributed by atoms with Crippen molar-refractivity contribution in [1.82, 2.24) is 10.2 Å². The number of sulfonamides is 1. The molecule has 0 aliphatic rings. The van der Waals surface area contributed by atoms with Gasteiger partial charge in [0.25, 0.3) is 10.0 Å². The van der Waals surface area contributed by atoms with Crippen molar-refractivity contribution >= 4 is 62.3 Å². The SMILES string of the molecule is CCNC(=O)C(Cc1ccccc1)N(Cc1c(Cl)cccc1Cl)C(=O)CN(c1ccc(C)c(C)c1)S(=O)(=O)c1ccc(Cl)cc1. The lowest BCUT2D eigenvalue weighted by Gasteiger charge is -2.34. The number of benzene rings is 4.